The third-order valence-electron chi connectivity index (χ3n) is 5.69. The first-order chi connectivity index (χ1) is 12.3. The quantitative estimate of drug-likeness (QED) is 0.777. The molecule has 0 atom stereocenters. The minimum absolute atomic E-state index is 0.0489. The number of hydrogen-bond donors (Lipinski definition) is 0. The molecule has 2 aromatic rings. The van der Waals surface area contributed by atoms with Crippen molar-refractivity contribution in [2.45, 2.75) is 45.6 Å². The van der Waals surface area contributed by atoms with Gasteiger partial charge in [-0.1, -0.05) is 5.16 Å². The van der Waals surface area contributed by atoms with Gasteiger partial charge in [-0.25, -0.2) is 4.68 Å². The maximum absolute atomic E-state index is 12.9. The maximum atomic E-state index is 12.9. The van der Waals surface area contributed by atoms with Crippen LogP contribution in [-0.4, -0.2) is 51.8 Å². The summed E-state index contributed by atoms with van der Waals surface area (Å²) < 4.78 is 7.13. The lowest BCUT2D eigenvalue weighted by Crippen LogP contribution is -2.54. The van der Waals surface area contributed by atoms with E-state index in [4.69, 9.17) is 4.52 Å². The van der Waals surface area contributed by atoms with Gasteiger partial charge in [-0.3, -0.25) is 9.59 Å². The number of rotatable bonds is 1. The van der Waals surface area contributed by atoms with Crippen LogP contribution in [0.1, 0.15) is 46.8 Å². The van der Waals surface area contributed by atoms with Crippen LogP contribution < -0.4 is 4.90 Å². The van der Waals surface area contributed by atoms with Gasteiger partial charge in [0.2, 0.25) is 5.91 Å². The Balaban J connectivity index is 1.59. The Kier molecular flexibility index (Phi) is 3.68. The number of carbonyl (C=O) groups excluding carboxylic acids is 2. The number of hydrogen-bond acceptors (Lipinski definition) is 5. The number of piperidine rings is 1. The molecule has 8 nitrogen and oxygen atoms in total. The van der Waals surface area contributed by atoms with Crippen LogP contribution in [0.15, 0.2) is 10.6 Å². The van der Waals surface area contributed by atoms with Crippen molar-refractivity contribution in [2.24, 2.45) is 0 Å². The normalized spacial score (nSPS) is 19.2. The number of amides is 2. The monoisotopic (exact) mass is 357 g/mol. The van der Waals surface area contributed by atoms with Gasteiger partial charge in [0.05, 0.1) is 23.3 Å². The minimum Gasteiger partial charge on any atom is -0.361 e. The Morgan fingerprint density at radius 2 is 1.92 bits per heavy atom. The molecule has 2 amide bonds. The van der Waals surface area contributed by atoms with E-state index in [-0.39, 0.29) is 17.4 Å². The van der Waals surface area contributed by atoms with Crippen molar-refractivity contribution < 1.29 is 14.1 Å². The number of carbonyl (C=O) groups is 2. The molecule has 26 heavy (non-hydrogen) atoms. The van der Waals surface area contributed by atoms with E-state index in [2.05, 4.69) is 10.3 Å². The lowest BCUT2D eigenvalue weighted by molar-refractivity contribution is -0.122. The zero-order valence-corrected chi connectivity index (χ0v) is 15.6. The van der Waals surface area contributed by atoms with Gasteiger partial charge in [0.1, 0.15) is 17.1 Å². The molecule has 2 aliphatic rings. The van der Waals surface area contributed by atoms with Gasteiger partial charge in [0, 0.05) is 26.2 Å². The fraction of sp³-hybridized carbons (Fsp3) is 0.556. The highest BCUT2D eigenvalue weighted by Crippen LogP contribution is 2.41. The standard InChI is InChI=1S/C18H23N5O3/c1-11-9-14-21(4)15(24)10-18(23(14)19-11)5-7-22(8-6-18)17(25)16-12(2)20-26-13(16)3/h9H,5-8,10H2,1-4H3. The van der Waals surface area contributed by atoms with E-state index in [1.165, 1.54) is 0 Å². The predicted molar refractivity (Wildman–Crippen MR) is 94.1 cm³/mol. The lowest BCUT2D eigenvalue weighted by Gasteiger charge is -2.45. The van der Waals surface area contributed by atoms with Crippen molar-refractivity contribution in [3.63, 3.8) is 0 Å². The highest BCUT2D eigenvalue weighted by molar-refractivity contribution is 5.96. The maximum Gasteiger partial charge on any atom is 0.259 e. The van der Waals surface area contributed by atoms with Gasteiger partial charge in [-0.2, -0.15) is 5.10 Å². The molecule has 0 aromatic carbocycles. The molecule has 0 unspecified atom stereocenters. The molecule has 1 fully saturated rings. The third kappa shape index (κ3) is 2.35. The average Bonchev–Trinajstić information content (AvgIpc) is 3.16. The SMILES string of the molecule is Cc1cc2n(n1)C1(CCN(C(=O)c3c(C)noc3C)CC1)CC(=O)N2C. The second kappa shape index (κ2) is 5.69. The van der Waals surface area contributed by atoms with Gasteiger partial charge >= 0.3 is 0 Å². The summed E-state index contributed by atoms with van der Waals surface area (Å²) in [4.78, 5) is 28.9. The molecule has 0 saturated carbocycles. The summed E-state index contributed by atoms with van der Waals surface area (Å²) in [5, 5.41) is 8.53. The Morgan fingerprint density at radius 3 is 2.54 bits per heavy atom. The van der Waals surface area contributed by atoms with Crippen LogP contribution in [0.3, 0.4) is 0 Å². The summed E-state index contributed by atoms with van der Waals surface area (Å²) in [5.41, 5.74) is 1.72. The van der Waals surface area contributed by atoms with Crippen molar-refractivity contribution in [2.75, 3.05) is 25.0 Å². The molecule has 4 heterocycles. The van der Waals surface area contributed by atoms with E-state index in [1.807, 2.05) is 22.6 Å². The zero-order chi connectivity index (χ0) is 18.6. The van der Waals surface area contributed by atoms with E-state index < -0.39 is 0 Å². The van der Waals surface area contributed by atoms with Crippen LogP contribution in [0.4, 0.5) is 5.82 Å². The first-order valence-corrected chi connectivity index (χ1v) is 8.88. The van der Waals surface area contributed by atoms with Crippen LogP contribution in [0.2, 0.25) is 0 Å². The topological polar surface area (TPSA) is 84.5 Å². The predicted octanol–water partition coefficient (Wildman–Crippen LogP) is 1.79. The molecule has 0 bridgehead atoms. The van der Waals surface area contributed by atoms with Gasteiger partial charge in [0.15, 0.2) is 0 Å². The van der Waals surface area contributed by atoms with Crippen molar-refractivity contribution in [1.29, 1.82) is 0 Å². The fourth-order valence-corrected chi connectivity index (χ4v) is 4.14. The Labute approximate surface area is 151 Å². The third-order valence-corrected chi connectivity index (χ3v) is 5.69. The molecule has 0 radical (unpaired) electrons. The number of nitrogens with zero attached hydrogens (tertiary/aromatic N) is 5. The van der Waals surface area contributed by atoms with Crippen LogP contribution in [0.5, 0.6) is 0 Å². The van der Waals surface area contributed by atoms with Crippen molar-refractivity contribution in [3.8, 4) is 0 Å². The number of likely N-dealkylation sites (tertiary alicyclic amines) is 1. The van der Waals surface area contributed by atoms with Crippen LogP contribution in [0.25, 0.3) is 0 Å². The summed E-state index contributed by atoms with van der Waals surface area (Å²) in [6.45, 7) is 6.64. The van der Waals surface area contributed by atoms with Gasteiger partial charge < -0.3 is 14.3 Å². The van der Waals surface area contributed by atoms with Gasteiger partial charge in [-0.15, -0.1) is 0 Å². The molecule has 0 aliphatic carbocycles. The highest BCUT2D eigenvalue weighted by Gasteiger charge is 2.46. The zero-order valence-electron chi connectivity index (χ0n) is 15.6. The van der Waals surface area contributed by atoms with Crippen LogP contribution in [0, 0.1) is 20.8 Å². The molecule has 1 saturated heterocycles. The molecular formula is C18H23N5O3. The molecule has 4 rings (SSSR count). The van der Waals surface area contributed by atoms with Crippen molar-refractivity contribution in [1.82, 2.24) is 19.8 Å². The number of anilines is 1. The summed E-state index contributed by atoms with van der Waals surface area (Å²) in [6, 6.07) is 1.94. The van der Waals surface area contributed by atoms with Crippen LogP contribution in [-0.2, 0) is 10.3 Å². The average molecular weight is 357 g/mol. The second-order valence-electron chi connectivity index (χ2n) is 7.40. The smallest absolute Gasteiger partial charge is 0.259 e. The van der Waals surface area contributed by atoms with Crippen LogP contribution >= 0.6 is 0 Å². The fourth-order valence-electron chi connectivity index (χ4n) is 4.14. The molecule has 8 heteroatoms. The Morgan fingerprint density at radius 1 is 1.23 bits per heavy atom. The largest absolute Gasteiger partial charge is 0.361 e. The first kappa shape index (κ1) is 16.8. The van der Waals surface area contributed by atoms with E-state index >= 15 is 0 Å². The van der Waals surface area contributed by atoms with Crippen molar-refractivity contribution >= 4 is 17.6 Å². The van der Waals surface area contributed by atoms with Crippen molar-refractivity contribution in [3.05, 3.63) is 28.8 Å². The molecule has 2 aromatic heterocycles. The number of aromatic nitrogens is 3. The first-order valence-electron chi connectivity index (χ1n) is 8.88. The summed E-state index contributed by atoms with van der Waals surface area (Å²) >= 11 is 0. The minimum atomic E-state index is -0.345. The Hall–Kier alpha value is -2.64. The molecular weight excluding hydrogens is 334 g/mol. The van der Waals surface area contributed by atoms with Gasteiger partial charge in [-0.05, 0) is 33.6 Å². The number of fused-ring (bicyclic) bond motifs is 2. The van der Waals surface area contributed by atoms with Gasteiger partial charge in [0.25, 0.3) is 5.91 Å². The number of aryl methyl sites for hydroxylation is 3. The molecule has 0 N–H and O–H groups in total. The lowest BCUT2D eigenvalue weighted by atomic mass is 9.82. The molecule has 2 aliphatic heterocycles. The van der Waals surface area contributed by atoms with E-state index in [0.717, 1.165) is 11.5 Å². The second-order valence-corrected chi connectivity index (χ2v) is 7.40. The highest BCUT2D eigenvalue weighted by atomic mass is 16.5. The molecule has 138 valence electrons. The summed E-state index contributed by atoms with van der Waals surface area (Å²) in [7, 11) is 1.79. The van der Waals surface area contributed by atoms with E-state index in [1.54, 1.807) is 25.8 Å². The Bertz CT molecular complexity index is 869. The summed E-state index contributed by atoms with van der Waals surface area (Å²) in [5.74, 6) is 1.44. The van der Waals surface area contributed by atoms with E-state index in [0.29, 0.717) is 49.4 Å². The summed E-state index contributed by atoms with van der Waals surface area (Å²) in [6.07, 6.45) is 1.83. The molecule has 1 spiro atoms. The van der Waals surface area contributed by atoms with E-state index in [9.17, 15) is 9.59 Å².